The van der Waals surface area contributed by atoms with E-state index >= 15 is 0 Å². The fourth-order valence-corrected chi connectivity index (χ4v) is 3.15. The second kappa shape index (κ2) is 6.40. The summed E-state index contributed by atoms with van der Waals surface area (Å²) in [6.07, 6.45) is 2.99. The first kappa shape index (κ1) is 15.8. The molecule has 1 aliphatic rings. The molecule has 0 aliphatic carbocycles. The molecule has 0 N–H and O–H groups in total. The average Bonchev–Trinajstić information content (AvgIpc) is 3.35. The largest absolute Gasteiger partial charge is 0.365 e. The van der Waals surface area contributed by atoms with E-state index < -0.39 is 0 Å². The maximum Gasteiger partial charge on any atom is 0.278 e. The van der Waals surface area contributed by atoms with Gasteiger partial charge in [-0.1, -0.05) is 29.4 Å². The number of fused-ring (bicyclic) bond motifs is 1. The van der Waals surface area contributed by atoms with Crippen molar-refractivity contribution < 1.29 is 13.7 Å². The molecule has 0 saturated carbocycles. The van der Waals surface area contributed by atoms with Crippen LogP contribution < -0.4 is 0 Å². The minimum absolute atomic E-state index is 0.273. The van der Waals surface area contributed by atoms with Gasteiger partial charge >= 0.3 is 0 Å². The Morgan fingerprint density at radius 3 is 2.81 bits per heavy atom. The Kier molecular flexibility index (Phi) is 3.75. The van der Waals surface area contributed by atoms with E-state index in [1.807, 2.05) is 16.7 Å². The number of aromatic nitrogens is 5. The second-order valence-corrected chi connectivity index (χ2v) is 6.15. The van der Waals surface area contributed by atoms with E-state index in [2.05, 4.69) is 20.1 Å². The summed E-state index contributed by atoms with van der Waals surface area (Å²) in [7, 11) is 0. The van der Waals surface area contributed by atoms with Crippen molar-refractivity contribution >= 4 is 0 Å². The second-order valence-electron chi connectivity index (χ2n) is 6.15. The maximum atomic E-state index is 14.0. The number of halogens is 1. The molecule has 134 valence electrons. The van der Waals surface area contributed by atoms with E-state index in [4.69, 9.17) is 9.26 Å². The fourth-order valence-electron chi connectivity index (χ4n) is 3.15. The van der Waals surface area contributed by atoms with Gasteiger partial charge in [0.1, 0.15) is 17.6 Å². The lowest BCUT2D eigenvalue weighted by Gasteiger charge is -2.25. The predicted octanol–water partition coefficient (Wildman–Crippen LogP) is 3.41. The summed E-state index contributed by atoms with van der Waals surface area (Å²) in [5.41, 5.74) is 2.54. The van der Waals surface area contributed by atoms with Crippen LogP contribution in [0.15, 0.2) is 59.5 Å². The van der Waals surface area contributed by atoms with Crippen molar-refractivity contribution in [3.63, 3.8) is 0 Å². The molecule has 0 saturated heterocycles. The standard InChI is InChI=1S/C19H14FN5O2/c20-13-6-2-1-5-12(13)16-9-25-11-22-17(15(25)10-26-16)19-23-18(24-27-19)14-7-3-4-8-21-14/h1-8,11,16H,9-10H2. The molecular formula is C19H14FN5O2. The molecule has 1 aliphatic heterocycles. The number of imidazole rings is 1. The number of ether oxygens (including phenoxy) is 1. The van der Waals surface area contributed by atoms with Crippen LogP contribution in [0.2, 0.25) is 0 Å². The van der Waals surface area contributed by atoms with Crippen molar-refractivity contribution in [3.8, 4) is 23.1 Å². The highest BCUT2D eigenvalue weighted by Crippen LogP contribution is 2.32. The van der Waals surface area contributed by atoms with Crippen LogP contribution in [-0.4, -0.2) is 24.7 Å². The molecule has 5 rings (SSSR count). The Labute approximate surface area is 153 Å². The van der Waals surface area contributed by atoms with Crippen LogP contribution in [0.25, 0.3) is 23.1 Å². The van der Waals surface area contributed by atoms with Gasteiger partial charge in [-0.3, -0.25) is 4.98 Å². The molecule has 0 radical (unpaired) electrons. The van der Waals surface area contributed by atoms with E-state index in [1.165, 1.54) is 6.07 Å². The van der Waals surface area contributed by atoms with Gasteiger partial charge in [0, 0.05) is 11.8 Å². The minimum Gasteiger partial charge on any atom is -0.365 e. The molecule has 0 bridgehead atoms. The van der Waals surface area contributed by atoms with Crippen LogP contribution in [0.5, 0.6) is 0 Å². The minimum atomic E-state index is -0.368. The first-order chi connectivity index (χ1) is 13.3. The highest BCUT2D eigenvalue weighted by molar-refractivity contribution is 5.56. The lowest BCUT2D eigenvalue weighted by atomic mass is 10.1. The molecule has 27 heavy (non-hydrogen) atoms. The Bertz CT molecular complexity index is 1090. The first-order valence-electron chi connectivity index (χ1n) is 8.45. The molecule has 4 aromatic rings. The normalized spacial score (nSPS) is 16.3. The predicted molar refractivity (Wildman–Crippen MR) is 92.7 cm³/mol. The molecule has 0 amide bonds. The zero-order valence-corrected chi connectivity index (χ0v) is 14.1. The van der Waals surface area contributed by atoms with Gasteiger partial charge in [-0.05, 0) is 18.2 Å². The summed E-state index contributed by atoms with van der Waals surface area (Å²) >= 11 is 0. The van der Waals surface area contributed by atoms with Crippen LogP contribution in [0, 0.1) is 5.82 Å². The van der Waals surface area contributed by atoms with Gasteiger partial charge < -0.3 is 13.8 Å². The quantitative estimate of drug-likeness (QED) is 0.555. The Hall–Kier alpha value is -3.39. The number of nitrogens with zero attached hydrogens (tertiary/aromatic N) is 5. The molecule has 0 spiro atoms. The van der Waals surface area contributed by atoms with E-state index in [0.717, 1.165) is 5.69 Å². The van der Waals surface area contributed by atoms with Gasteiger partial charge in [0.05, 0.1) is 25.2 Å². The van der Waals surface area contributed by atoms with Gasteiger partial charge in [0.15, 0.2) is 5.69 Å². The molecule has 0 fully saturated rings. The van der Waals surface area contributed by atoms with Crippen molar-refractivity contribution in [2.75, 3.05) is 0 Å². The number of rotatable bonds is 3. The molecule has 7 nitrogen and oxygen atoms in total. The van der Waals surface area contributed by atoms with E-state index in [0.29, 0.717) is 35.2 Å². The maximum absolute atomic E-state index is 14.0. The van der Waals surface area contributed by atoms with Crippen molar-refractivity contribution in [2.24, 2.45) is 0 Å². The third-order valence-corrected chi connectivity index (χ3v) is 4.50. The summed E-state index contributed by atoms with van der Waals surface area (Å²) in [4.78, 5) is 13.0. The van der Waals surface area contributed by atoms with Crippen molar-refractivity contribution in [2.45, 2.75) is 19.3 Å². The summed E-state index contributed by atoms with van der Waals surface area (Å²) in [6, 6.07) is 12.1. The highest BCUT2D eigenvalue weighted by Gasteiger charge is 2.27. The van der Waals surface area contributed by atoms with Crippen LogP contribution >= 0.6 is 0 Å². The zero-order valence-electron chi connectivity index (χ0n) is 14.1. The van der Waals surface area contributed by atoms with E-state index in [1.54, 1.807) is 36.8 Å². The molecular weight excluding hydrogens is 349 g/mol. The number of hydrogen-bond donors (Lipinski definition) is 0. The number of pyridine rings is 1. The fraction of sp³-hybridized carbons (Fsp3) is 0.158. The lowest BCUT2D eigenvalue weighted by Crippen LogP contribution is -2.21. The number of hydrogen-bond acceptors (Lipinski definition) is 6. The van der Waals surface area contributed by atoms with E-state index in [9.17, 15) is 4.39 Å². The van der Waals surface area contributed by atoms with Crippen molar-refractivity contribution in [1.82, 2.24) is 24.7 Å². The number of benzene rings is 1. The lowest BCUT2D eigenvalue weighted by molar-refractivity contribution is 0.00126. The van der Waals surface area contributed by atoms with Crippen molar-refractivity contribution in [3.05, 3.63) is 72.1 Å². The summed E-state index contributed by atoms with van der Waals surface area (Å²) in [6.45, 7) is 0.736. The Morgan fingerprint density at radius 1 is 1.07 bits per heavy atom. The van der Waals surface area contributed by atoms with E-state index in [-0.39, 0.29) is 18.5 Å². The summed E-state index contributed by atoms with van der Waals surface area (Å²) in [5.74, 6) is 0.425. The van der Waals surface area contributed by atoms with Crippen LogP contribution in [0.4, 0.5) is 4.39 Å². The smallest absolute Gasteiger partial charge is 0.278 e. The Morgan fingerprint density at radius 2 is 1.96 bits per heavy atom. The monoisotopic (exact) mass is 363 g/mol. The summed E-state index contributed by atoms with van der Waals surface area (Å²) < 4.78 is 27.2. The van der Waals surface area contributed by atoms with Gasteiger partial charge in [-0.25, -0.2) is 9.37 Å². The highest BCUT2D eigenvalue weighted by atomic mass is 19.1. The van der Waals surface area contributed by atoms with Crippen LogP contribution in [0.1, 0.15) is 17.4 Å². The topological polar surface area (TPSA) is 78.9 Å². The average molecular weight is 363 g/mol. The molecule has 3 aromatic heterocycles. The SMILES string of the molecule is Fc1ccccc1C1Cn2cnc(-c3nc(-c4ccccn4)no3)c2CO1. The molecule has 4 heterocycles. The summed E-state index contributed by atoms with van der Waals surface area (Å²) in [5, 5.41) is 3.98. The van der Waals surface area contributed by atoms with Gasteiger partial charge in [-0.15, -0.1) is 0 Å². The van der Waals surface area contributed by atoms with Gasteiger partial charge in [0.2, 0.25) is 5.82 Å². The van der Waals surface area contributed by atoms with Gasteiger partial charge in [0.25, 0.3) is 5.89 Å². The zero-order chi connectivity index (χ0) is 18.2. The van der Waals surface area contributed by atoms with Crippen LogP contribution in [-0.2, 0) is 17.9 Å². The Balaban J connectivity index is 1.44. The molecule has 8 heteroatoms. The van der Waals surface area contributed by atoms with Gasteiger partial charge in [-0.2, -0.15) is 4.98 Å². The molecule has 1 atom stereocenters. The third-order valence-electron chi connectivity index (χ3n) is 4.50. The van der Waals surface area contributed by atoms with Crippen LogP contribution in [0.3, 0.4) is 0 Å². The first-order valence-corrected chi connectivity index (χ1v) is 8.45. The van der Waals surface area contributed by atoms with Crippen molar-refractivity contribution in [1.29, 1.82) is 0 Å². The molecule has 1 aromatic carbocycles. The molecule has 1 unspecified atom stereocenters. The third kappa shape index (κ3) is 2.80.